The highest BCUT2D eigenvalue weighted by atomic mass is 16.3. The fraction of sp³-hybridized carbons (Fsp3) is 0. The second-order valence-corrected chi connectivity index (χ2v) is 13.9. The van der Waals surface area contributed by atoms with Gasteiger partial charge in [-0.1, -0.05) is 127 Å². The molecular formula is C51H32N2O2. The van der Waals surface area contributed by atoms with E-state index in [1.807, 2.05) is 24.3 Å². The average molecular weight is 705 g/mol. The maximum atomic E-state index is 6.92. The van der Waals surface area contributed by atoms with Gasteiger partial charge in [-0.15, -0.1) is 0 Å². The minimum atomic E-state index is 0.577. The van der Waals surface area contributed by atoms with Gasteiger partial charge in [-0.3, -0.25) is 0 Å². The first-order valence-corrected chi connectivity index (χ1v) is 18.5. The minimum absolute atomic E-state index is 0.577. The highest BCUT2D eigenvalue weighted by Gasteiger charge is 2.22. The van der Waals surface area contributed by atoms with Gasteiger partial charge < -0.3 is 13.7 Å². The number of rotatable bonds is 6. The number of fused-ring (bicyclic) bond motifs is 6. The molecule has 4 heteroatoms. The number of oxazole rings is 1. The number of hydrogen-bond donors (Lipinski definition) is 0. The Labute approximate surface area is 317 Å². The highest BCUT2D eigenvalue weighted by Crippen LogP contribution is 2.47. The van der Waals surface area contributed by atoms with Crippen molar-refractivity contribution >= 4 is 71.6 Å². The van der Waals surface area contributed by atoms with Crippen molar-refractivity contribution in [2.45, 2.75) is 0 Å². The molecule has 0 fully saturated rings. The van der Waals surface area contributed by atoms with Crippen LogP contribution in [0.4, 0.5) is 17.1 Å². The lowest BCUT2D eigenvalue weighted by molar-refractivity contribution is 0.619. The number of benzene rings is 9. The quantitative estimate of drug-likeness (QED) is 0.173. The summed E-state index contributed by atoms with van der Waals surface area (Å²) in [6.45, 7) is 0. The van der Waals surface area contributed by atoms with E-state index in [0.29, 0.717) is 5.89 Å². The van der Waals surface area contributed by atoms with Gasteiger partial charge in [0.05, 0.1) is 5.69 Å². The lowest BCUT2D eigenvalue weighted by Crippen LogP contribution is -2.10. The van der Waals surface area contributed by atoms with Crippen molar-refractivity contribution in [2.75, 3.05) is 4.90 Å². The van der Waals surface area contributed by atoms with E-state index in [1.165, 1.54) is 11.1 Å². The summed E-state index contributed by atoms with van der Waals surface area (Å²) in [5, 5.41) is 6.72. The molecule has 2 heterocycles. The van der Waals surface area contributed by atoms with Crippen LogP contribution in [0.3, 0.4) is 0 Å². The summed E-state index contributed by atoms with van der Waals surface area (Å²) in [7, 11) is 0. The predicted molar refractivity (Wildman–Crippen MR) is 227 cm³/mol. The summed E-state index contributed by atoms with van der Waals surface area (Å²) in [5.74, 6) is 0.577. The molecule has 0 aliphatic rings. The molecule has 258 valence electrons. The molecule has 0 N–H and O–H groups in total. The van der Waals surface area contributed by atoms with Gasteiger partial charge in [0.25, 0.3) is 0 Å². The van der Waals surface area contributed by atoms with Crippen molar-refractivity contribution in [1.82, 2.24) is 4.98 Å². The highest BCUT2D eigenvalue weighted by molar-refractivity contribution is 6.22. The van der Waals surface area contributed by atoms with Gasteiger partial charge in [0, 0.05) is 38.7 Å². The topological polar surface area (TPSA) is 42.4 Å². The first-order chi connectivity index (χ1) is 27.3. The fourth-order valence-electron chi connectivity index (χ4n) is 8.10. The molecule has 0 amide bonds. The number of furan rings is 1. The van der Waals surface area contributed by atoms with Gasteiger partial charge in [-0.25, -0.2) is 4.98 Å². The molecule has 0 aliphatic heterocycles. The number of hydrogen-bond acceptors (Lipinski definition) is 4. The second-order valence-electron chi connectivity index (χ2n) is 13.9. The SMILES string of the molecule is c1ccc(-c2ccc(N(c3ccccc3)c3ccc(-c4c5ccccc5cc5c4oc4cc(-c6nc7ccccc7o6)ccc45)c4ccccc34)cc2)cc1. The zero-order chi connectivity index (χ0) is 36.3. The van der Waals surface area contributed by atoms with Crippen LogP contribution >= 0.6 is 0 Å². The zero-order valence-electron chi connectivity index (χ0n) is 29.7. The molecule has 0 radical (unpaired) electrons. The monoisotopic (exact) mass is 704 g/mol. The molecule has 11 rings (SSSR count). The van der Waals surface area contributed by atoms with Gasteiger partial charge in [0.2, 0.25) is 5.89 Å². The molecular weight excluding hydrogens is 673 g/mol. The van der Waals surface area contributed by atoms with Gasteiger partial charge in [-0.2, -0.15) is 0 Å². The molecule has 0 bridgehead atoms. The number of aromatic nitrogens is 1. The molecule has 11 aromatic rings. The third kappa shape index (κ3) is 5.19. The predicted octanol–water partition coefficient (Wildman–Crippen LogP) is 14.5. The molecule has 0 saturated heterocycles. The Morgan fingerprint density at radius 3 is 1.87 bits per heavy atom. The standard InChI is InChI=1S/C51H32N2O2/c1-3-13-33(14-4-1)34-23-26-38(27-24-34)53(37-16-5-2-6-17-37)46-30-29-43(40-19-9-10-20-41(40)46)49-39-18-8-7-15-35(39)31-44-42-28-25-36(32-48(42)54-50(44)49)51-52-45-21-11-12-22-47(45)55-51/h1-32H. The number of anilines is 3. The molecule has 0 aliphatic carbocycles. The van der Waals surface area contributed by atoms with Crippen LogP contribution in [0.15, 0.2) is 203 Å². The van der Waals surface area contributed by atoms with Gasteiger partial charge in [-0.05, 0) is 99.6 Å². The van der Waals surface area contributed by atoms with E-state index in [1.54, 1.807) is 0 Å². The van der Waals surface area contributed by atoms with Crippen molar-refractivity contribution in [1.29, 1.82) is 0 Å². The molecule has 2 aromatic heterocycles. The van der Waals surface area contributed by atoms with Crippen molar-refractivity contribution in [3.63, 3.8) is 0 Å². The van der Waals surface area contributed by atoms with E-state index in [-0.39, 0.29) is 0 Å². The van der Waals surface area contributed by atoms with Crippen molar-refractivity contribution in [3.8, 4) is 33.7 Å². The van der Waals surface area contributed by atoms with E-state index >= 15 is 0 Å². The van der Waals surface area contributed by atoms with E-state index in [4.69, 9.17) is 13.8 Å². The van der Waals surface area contributed by atoms with E-state index in [0.717, 1.165) is 88.3 Å². The van der Waals surface area contributed by atoms with Crippen LogP contribution < -0.4 is 4.90 Å². The largest absolute Gasteiger partial charge is 0.455 e. The molecule has 0 atom stereocenters. The van der Waals surface area contributed by atoms with Crippen molar-refractivity contribution in [2.24, 2.45) is 0 Å². The smallest absolute Gasteiger partial charge is 0.227 e. The fourth-order valence-corrected chi connectivity index (χ4v) is 8.10. The van der Waals surface area contributed by atoms with Gasteiger partial charge >= 0.3 is 0 Å². The van der Waals surface area contributed by atoms with Crippen LogP contribution in [-0.4, -0.2) is 4.98 Å². The normalized spacial score (nSPS) is 11.6. The Balaban J connectivity index is 1.11. The van der Waals surface area contributed by atoms with E-state index < -0.39 is 0 Å². The summed E-state index contributed by atoms with van der Waals surface area (Å²) in [4.78, 5) is 7.12. The Hall–Kier alpha value is -7.43. The van der Waals surface area contributed by atoms with Crippen LogP contribution in [0, 0.1) is 0 Å². The lowest BCUT2D eigenvalue weighted by atomic mass is 9.91. The first kappa shape index (κ1) is 31.1. The third-order valence-electron chi connectivity index (χ3n) is 10.7. The molecule has 9 aromatic carbocycles. The molecule has 0 unspecified atom stereocenters. The lowest BCUT2D eigenvalue weighted by Gasteiger charge is -2.27. The van der Waals surface area contributed by atoms with E-state index in [9.17, 15) is 0 Å². The minimum Gasteiger partial charge on any atom is -0.455 e. The average Bonchev–Trinajstić information content (AvgIpc) is 3.86. The van der Waals surface area contributed by atoms with Crippen LogP contribution in [0.5, 0.6) is 0 Å². The van der Waals surface area contributed by atoms with Gasteiger partial charge in [0.1, 0.15) is 16.7 Å². The Morgan fingerprint density at radius 1 is 0.400 bits per heavy atom. The number of para-hydroxylation sites is 3. The van der Waals surface area contributed by atoms with Crippen LogP contribution in [0.1, 0.15) is 0 Å². The van der Waals surface area contributed by atoms with Crippen LogP contribution in [0.25, 0.3) is 88.3 Å². The summed E-state index contributed by atoms with van der Waals surface area (Å²) in [5.41, 5.74) is 12.0. The molecule has 55 heavy (non-hydrogen) atoms. The molecule has 0 saturated carbocycles. The maximum Gasteiger partial charge on any atom is 0.227 e. The summed E-state index contributed by atoms with van der Waals surface area (Å²) >= 11 is 0. The Kier molecular flexibility index (Phi) is 7.14. The van der Waals surface area contributed by atoms with Crippen molar-refractivity contribution in [3.05, 3.63) is 194 Å². The maximum absolute atomic E-state index is 6.92. The van der Waals surface area contributed by atoms with Crippen LogP contribution in [0.2, 0.25) is 0 Å². The second kappa shape index (κ2) is 12.6. The Morgan fingerprint density at radius 2 is 1.05 bits per heavy atom. The zero-order valence-corrected chi connectivity index (χ0v) is 29.7. The van der Waals surface area contributed by atoms with E-state index in [2.05, 4.69) is 175 Å². The van der Waals surface area contributed by atoms with Crippen molar-refractivity contribution < 1.29 is 8.83 Å². The molecule has 4 nitrogen and oxygen atoms in total. The molecule has 0 spiro atoms. The summed E-state index contributed by atoms with van der Waals surface area (Å²) in [6, 6.07) is 68.2. The first-order valence-electron chi connectivity index (χ1n) is 18.5. The number of nitrogens with zero attached hydrogens (tertiary/aromatic N) is 2. The van der Waals surface area contributed by atoms with Gasteiger partial charge in [0.15, 0.2) is 5.58 Å². The van der Waals surface area contributed by atoms with Crippen LogP contribution in [-0.2, 0) is 0 Å². The Bertz CT molecular complexity index is 3170. The summed E-state index contributed by atoms with van der Waals surface area (Å²) < 4.78 is 13.1. The third-order valence-corrected chi connectivity index (χ3v) is 10.7. The summed E-state index contributed by atoms with van der Waals surface area (Å²) in [6.07, 6.45) is 0.